The lowest BCUT2D eigenvalue weighted by atomic mass is 10.00. The van der Waals surface area contributed by atoms with Crippen molar-refractivity contribution in [2.75, 3.05) is 5.32 Å². The van der Waals surface area contributed by atoms with Gasteiger partial charge in [0.1, 0.15) is 6.17 Å². The number of benzene rings is 2. The SMILES string of the molecule is Cc1ccc(C2Nc3ccc(I)cc3C(=O)N2NC(=O)c2ccncc2)c(C)c1. The third-order valence-electron chi connectivity index (χ3n) is 4.87. The zero-order valence-corrected chi connectivity index (χ0v) is 18.1. The molecule has 6 nitrogen and oxygen atoms in total. The third kappa shape index (κ3) is 3.82. The first-order chi connectivity index (χ1) is 13.9. The number of hydrogen-bond acceptors (Lipinski definition) is 4. The van der Waals surface area contributed by atoms with Crippen LogP contribution in [0.3, 0.4) is 0 Å². The monoisotopic (exact) mass is 498 g/mol. The lowest BCUT2D eigenvalue weighted by Crippen LogP contribution is -2.53. The van der Waals surface area contributed by atoms with Gasteiger partial charge >= 0.3 is 0 Å². The summed E-state index contributed by atoms with van der Waals surface area (Å²) in [5.74, 6) is -0.629. The van der Waals surface area contributed by atoms with Crippen LogP contribution in [0.5, 0.6) is 0 Å². The molecule has 146 valence electrons. The summed E-state index contributed by atoms with van der Waals surface area (Å²) < 4.78 is 0.946. The van der Waals surface area contributed by atoms with Crippen LogP contribution in [0.2, 0.25) is 0 Å². The Hall–Kier alpha value is -2.94. The third-order valence-corrected chi connectivity index (χ3v) is 5.54. The summed E-state index contributed by atoms with van der Waals surface area (Å²) in [6.07, 6.45) is 2.57. The quantitative estimate of drug-likeness (QED) is 0.531. The van der Waals surface area contributed by atoms with Gasteiger partial charge < -0.3 is 5.32 Å². The highest BCUT2D eigenvalue weighted by Crippen LogP contribution is 2.34. The maximum Gasteiger partial charge on any atom is 0.276 e. The van der Waals surface area contributed by atoms with Gasteiger partial charge in [-0.2, -0.15) is 0 Å². The molecule has 2 amide bonds. The van der Waals surface area contributed by atoms with Crippen molar-refractivity contribution < 1.29 is 9.59 Å². The van der Waals surface area contributed by atoms with Crippen molar-refractivity contribution in [2.24, 2.45) is 0 Å². The molecule has 0 spiro atoms. The number of hydrogen-bond donors (Lipinski definition) is 2. The highest BCUT2D eigenvalue weighted by Gasteiger charge is 2.35. The minimum Gasteiger partial charge on any atom is -0.359 e. The average molecular weight is 498 g/mol. The number of nitrogens with one attached hydrogen (secondary N) is 2. The Morgan fingerprint density at radius 2 is 1.86 bits per heavy atom. The fourth-order valence-corrected chi connectivity index (χ4v) is 3.91. The normalized spacial score (nSPS) is 15.5. The summed E-state index contributed by atoms with van der Waals surface area (Å²) in [5.41, 5.74) is 7.57. The van der Waals surface area contributed by atoms with Crippen molar-refractivity contribution in [2.45, 2.75) is 20.0 Å². The van der Waals surface area contributed by atoms with Gasteiger partial charge in [-0.15, -0.1) is 0 Å². The molecule has 1 atom stereocenters. The molecular weight excluding hydrogens is 479 g/mol. The fourth-order valence-electron chi connectivity index (χ4n) is 3.42. The van der Waals surface area contributed by atoms with Gasteiger partial charge in [0.15, 0.2) is 0 Å². The van der Waals surface area contributed by atoms with E-state index < -0.39 is 6.17 Å². The molecule has 0 bridgehead atoms. The Bertz CT molecular complexity index is 1100. The van der Waals surface area contributed by atoms with Gasteiger partial charge in [0.2, 0.25) is 0 Å². The number of rotatable bonds is 3. The van der Waals surface area contributed by atoms with Gasteiger partial charge in [-0.1, -0.05) is 23.8 Å². The Morgan fingerprint density at radius 1 is 1.10 bits per heavy atom. The molecule has 0 saturated carbocycles. The van der Waals surface area contributed by atoms with Gasteiger partial charge in [0, 0.05) is 27.2 Å². The highest BCUT2D eigenvalue weighted by atomic mass is 127. The van der Waals surface area contributed by atoms with Crippen LogP contribution in [0.15, 0.2) is 60.9 Å². The molecule has 3 aromatic rings. The van der Waals surface area contributed by atoms with Crippen molar-refractivity contribution in [1.29, 1.82) is 0 Å². The Kier molecular flexibility index (Phi) is 5.23. The molecule has 0 radical (unpaired) electrons. The smallest absolute Gasteiger partial charge is 0.276 e. The largest absolute Gasteiger partial charge is 0.359 e. The van der Waals surface area contributed by atoms with Crippen LogP contribution >= 0.6 is 22.6 Å². The number of anilines is 1. The minimum atomic E-state index is -0.526. The number of aryl methyl sites for hydroxylation is 2. The summed E-state index contributed by atoms with van der Waals surface area (Å²) in [7, 11) is 0. The van der Waals surface area contributed by atoms with E-state index in [0.29, 0.717) is 11.1 Å². The Morgan fingerprint density at radius 3 is 2.59 bits per heavy atom. The number of aromatic nitrogens is 1. The predicted octanol–water partition coefficient (Wildman–Crippen LogP) is 4.21. The van der Waals surface area contributed by atoms with Crippen LogP contribution in [0, 0.1) is 17.4 Å². The van der Waals surface area contributed by atoms with Crippen molar-refractivity contribution >= 4 is 40.1 Å². The molecule has 2 aromatic carbocycles. The second-order valence-corrected chi connectivity index (χ2v) is 8.19. The molecule has 4 rings (SSSR count). The number of amides is 2. The van der Waals surface area contributed by atoms with E-state index in [1.807, 2.05) is 44.2 Å². The molecule has 1 aliphatic heterocycles. The highest BCUT2D eigenvalue weighted by molar-refractivity contribution is 14.1. The van der Waals surface area contributed by atoms with Crippen LogP contribution < -0.4 is 10.7 Å². The van der Waals surface area contributed by atoms with Crippen molar-refractivity contribution in [1.82, 2.24) is 15.4 Å². The van der Waals surface area contributed by atoms with E-state index in [1.165, 1.54) is 5.01 Å². The van der Waals surface area contributed by atoms with E-state index in [9.17, 15) is 9.59 Å². The first-order valence-corrected chi connectivity index (χ1v) is 10.2. The van der Waals surface area contributed by atoms with E-state index in [2.05, 4.69) is 44.4 Å². The standard InChI is InChI=1S/C22H19IN4O2/c1-13-3-5-17(14(2)11-13)20-25-19-6-4-16(23)12-18(19)22(29)27(20)26-21(28)15-7-9-24-10-8-15/h3-12,20,25H,1-2H3,(H,26,28). The fraction of sp³-hybridized carbons (Fsp3) is 0.136. The number of fused-ring (bicyclic) bond motifs is 1. The van der Waals surface area contributed by atoms with E-state index in [4.69, 9.17) is 0 Å². The summed E-state index contributed by atoms with van der Waals surface area (Å²) >= 11 is 2.17. The molecule has 2 N–H and O–H groups in total. The van der Waals surface area contributed by atoms with Crippen molar-refractivity contribution in [3.05, 3.63) is 92.3 Å². The molecule has 29 heavy (non-hydrogen) atoms. The number of nitrogens with zero attached hydrogens (tertiary/aromatic N) is 2. The zero-order chi connectivity index (χ0) is 20.5. The molecule has 7 heteroatoms. The summed E-state index contributed by atoms with van der Waals surface area (Å²) in [6, 6.07) is 14.9. The van der Waals surface area contributed by atoms with Crippen LogP contribution in [-0.2, 0) is 0 Å². The van der Waals surface area contributed by atoms with Crippen molar-refractivity contribution in [3.63, 3.8) is 0 Å². The molecule has 2 heterocycles. The topological polar surface area (TPSA) is 74.3 Å². The molecule has 1 aliphatic rings. The molecule has 1 unspecified atom stereocenters. The second-order valence-electron chi connectivity index (χ2n) is 6.95. The summed E-state index contributed by atoms with van der Waals surface area (Å²) in [6.45, 7) is 4.03. The van der Waals surface area contributed by atoms with E-state index >= 15 is 0 Å². The minimum absolute atomic E-state index is 0.260. The van der Waals surface area contributed by atoms with Gasteiger partial charge in [0.25, 0.3) is 11.8 Å². The lowest BCUT2D eigenvalue weighted by molar-refractivity contribution is 0.0490. The van der Waals surface area contributed by atoms with Gasteiger partial charge in [-0.05, 0) is 77.9 Å². The molecule has 1 aromatic heterocycles. The van der Waals surface area contributed by atoms with E-state index in [0.717, 1.165) is 25.9 Å². The Balaban J connectivity index is 1.77. The first kappa shape index (κ1) is 19.4. The molecular formula is C22H19IN4O2. The maximum absolute atomic E-state index is 13.4. The maximum atomic E-state index is 13.4. The molecule has 0 aliphatic carbocycles. The molecule has 0 fully saturated rings. The van der Waals surface area contributed by atoms with E-state index in [1.54, 1.807) is 24.5 Å². The van der Waals surface area contributed by atoms with E-state index in [-0.39, 0.29) is 11.8 Å². The molecule has 0 saturated heterocycles. The average Bonchev–Trinajstić information content (AvgIpc) is 2.71. The van der Waals surface area contributed by atoms with Crippen molar-refractivity contribution in [3.8, 4) is 0 Å². The lowest BCUT2D eigenvalue weighted by Gasteiger charge is -2.38. The predicted molar refractivity (Wildman–Crippen MR) is 119 cm³/mol. The number of pyridine rings is 1. The Labute approximate surface area is 182 Å². The summed E-state index contributed by atoms with van der Waals surface area (Å²) in [5, 5.41) is 4.79. The van der Waals surface area contributed by atoms with Crippen LogP contribution in [0.4, 0.5) is 5.69 Å². The number of hydrazine groups is 1. The van der Waals surface area contributed by atoms with Crippen LogP contribution in [0.25, 0.3) is 0 Å². The van der Waals surface area contributed by atoms with Gasteiger partial charge in [-0.3, -0.25) is 20.0 Å². The van der Waals surface area contributed by atoms with Crippen LogP contribution in [-0.4, -0.2) is 21.8 Å². The number of carbonyl (C=O) groups excluding carboxylic acids is 2. The van der Waals surface area contributed by atoms with Gasteiger partial charge in [-0.25, -0.2) is 5.01 Å². The first-order valence-electron chi connectivity index (χ1n) is 9.12. The number of halogens is 1. The van der Waals surface area contributed by atoms with Gasteiger partial charge in [0.05, 0.1) is 5.56 Å². The van der Waals surface area contributed by atoms with Crippen LogP contribution in [0.1, 0.15) is 43.6 Å². The second kappa shape index (κ2) is 7.82. The number of carbonyl (C=O) groups is 2. The summed E-state index contributed by atoms with van der Waals surface area (Å²) in [4.78, 5) is 30.1. The zero-order valence-electron chi connectivity index (χ0n) is 15.9.